The summed E-state index contributed by atoms with van der Waals surface area (Å²) in [5.74, 6) is 1.24. The zero-order chi connectivity index (χ0) is 17.9. The first kappa shape index (κ1) is 20.3. The van der Waals surface area contributed by atoms with Crippen LogP contribution in [0, 0.1) is 16.2 Å². The van der Waals surface area contributed by atoms with Gasteiger partial charge < -0.3 is 4.74 Å². The van der Waals surface area contributed by atoms with Crippen molar-refractivity contribution in [2.75, 3.05) is 7.11 Å². The van der Waals surface area contributed by atoms with Gasteiger partial charge in [0.1, 0.15) is 5.76 Å². The minimum Gasteiger partial charge on any atom is -0.500 e. The largest absolute Gasteiger partial charge is 0.500 e. The summed E-state index contributed by atoms with van der Waals surface area (Å²) in [6.45, 7) is 15.4. The molecule has 1 aliphatic rings. The third-order valence-corrected chi connectivity index (χ3v) is 6.65. The van der Waals surface area contributed by atoms with E-state index in [1.54, 1.807) is 7.11 Å². The fraction of sp³-hybridized carbons (Fsp3) is 0.857. The number of ether oxygens (including phenoxy) is 1. The molecule has 0 aromatic carbocycles. The van der Waals surface area contributed by atoms with Crippen LogP contribution in [0.3, 0.4) is 0 Å². The Morgan fingerprint density at radius 2 is 1.39 bits per heavy atom. The number of carbonyl (C=O) groups is 1. The highest BCUT2D eigenvalue weighted by Crippen LogP contribution is 2.50. The highest BCUT2D eigenvalue weighted by atomic mass is 16.5. The molecule has 0 atom stereocenters. The SMILES string of the molecule is CCC(CC)(CC)C(=O)/C(C)=C(\OC)C1(C)CCC(C)(C)CC1. The van der Waals surface area contributed by atoms with Crippen molar-refractivity contribution in [2.45, 2.75) is 93.4 Å². The van der Waals surface area contributed by atoms with Crippen LogP contribution >= 0.6 is 0 Å². The molecule has 0 amide bonds. The molecule has 23 heavy (non-hydrogen) atoms. The molecule has 134 valence electrons. The third-order valence-electron chi connectivity index (χ3n) is 6.65. The highest BCUT2D eigenvalue weighted by Gasteiger charge is 2.42. The zero-order valence-electron chi connectivity index (χ0n) is 16.8. The number of hydrogen-bond acceptors (Lipinski definition) is 2. The van der Waals surface area contributed by atoms with E-state index in [0.717, 1.165) is 43.4 Å². The van der Waals surface area contributed by atoms with E-state index in [2.05, 4.69) is 41.5 Å². The van der Waals surface area contributed by atoms with E-state index in [-0.39, 0.29) is 10.8 Å². The molecule has 0 bridgehead atoms. The molecule has 0 radical (unpaired) electrons. The van der Waals surface area contributed by atoms with Crippen molar-refractivity contribution in [1.82, 2.24) is 0 Å². The smallest absolute Gasteiger partial charge is 0.168 e. The van der Waals surface area contributed by atoms with Crippen LogP contribution in [-0.2, 0) is 9.53 Å². The predicted molar refractivity (Wildman–Crippen MR) is 98.4 cm³/mol. The molecule has 1 fully saturated rings. The van der Waals surface area contributed by atoms with E-state index >= 15 is 0 Å². The highest BCUT2D eigenvalue weighted by molar-refractivity contribution is 5.99. The van der Waals surface area contributed by atoms with E-state index in [9.17, 15) is 4.79 Å². The van der Waals surface area contributed by atoms with Gasteiger partial charge in [0.25, 0.3) is 0 Å². The Bertz CT molecular complexity index is 434. The molecule has 1 saturated carbocycles. The van der Waals surface area contributed by atoms with Gasteiger partial charge in [-0.3, -0.25) is 4.79 Å². The molecule has 0 heterocycles. The number of hydrogen-bond donors (Lipinski definition) is 0. The summed E-state index contributed by atoms with van der Waals surface area (Å²) < 4.78 is 5.83. The summed E-state index contributed by atoms with van der Waals surface area (Å²) in [5, 5.41) is 0. The van der Waals surface area contributed by atoms with Gasteiger partial charge in [0, 0.05) is 16.4 Å². The van der Waals surface area contributed by atoms with Gasteiger partial charge in [0.05, 0.1) is 7.11 Å². The van der Waals surface area contributed by atoms with Crippen LogP contribution in [-0.4, -0.2) is 12.9 Å². The monoisotopic (exact) mass is 322 g/mol. The third kappa shape index (κ3) is 4.00. The summed E-state index contributed by atoms with van der Waals surface area (Å²) >= 11 is 0. The summed E-state index contributed by atoms with van der Waals surface area (Å²) in [6, 6.07) is 0. The van der Waals surface area contributed by atoms with Crippen LogP contribution in [0.25, 0.3) is 0 Å². The van der Waals surface area contributed by atoms with E-state index in [1.807, 2.05) is 6.92 Å². The van der Waals surface area contributed by atoms with Crippen molar-refractivity contribution in [3.05, 3.63) is 11.3 Å². The van der Waals surface area contributed by atoms with Gasteiger partial charge in [-0.15, -0.1) is 0 Å². The molecule has 0 aromatic rings. The van der Waals surface area contributed by atoms with Crippen molar-refractivity contribution in [3.63, 3.8) is 0 Å². The van der Waals surface area contributed by atoms with Crippen LogP contribution in [0.4, 0.5) is 0 Å². The number of carbonyl (C=O) groups excluding carboxylic acids is 1. The van der Waals surface area contributed by atoms with Crippen molar-refractivity contribution in [1.29, 1.82) is 0 Å². The van der Waals surface area contributed by atoms with Crippen molar-refractivity contribution in [3.8, 4) is 0 Å². The Kier molecular flexibility index (Phi) is 6.52. The molecule has 2 nitrogen and oxygen atoms in total. The summed E-state index contributed by atoms with van der Waals surface area (Å²) in [7, 11) is 1.74. The number of methoxy groups -OCH3 is 1. The Morgan fingerprint density at radius 3 is 1.74 bits per heavy atom. The van der Waals surface area contributed by atoms with E-state index in [4.69, 9.17) is 4.74 Å². The second kappa shape index (κ2) is 7.40. The summed E-state index contributed by atoms with van der Waals surface area (Å²) in [6.07, 6.45) is 7.29. The van der Waals surface area contributed by atoms with Gasteiger partial charge >= 0.3 is 0 Å². The van der Waals surface area contributed by atoms with E-state index in [1.165, 1.54) is 12.8 Å². The van der Waals surface area contributed by atoms with Gasteiger partial charge in [0.2, 0.25) is 0 Å². The average molecular weight is 323 g/mol. The average Bonchev–Trinajstić information content (AvgIpc) is 2.53. The number of Topliss-reactive ketones (excluding diaryl/α,β-unsaturated/α-hetero) is 1. The fourth-order valence-corrected chi connectivity index (χ4v) is 4.29. The number of ketones is 1. The van der Waals surface area contributed by atoms with Gasteiger partial charge in [0.15, 0.2) is 5.78 Å². The minimum atomic E-state index is -0.224. The maximum Gasteiger partial charge on any atom is 0.168 e. The van der Waals surface area contributed by atoms with Crippen LogP contribution in [0.15, 0.2) is 11.3 Å². The molecule has 0 saturated heterocycles. The lowest BCUT2D eigenvalue weighted by Crippen LogP contribution is -2.35. The van der Waals surface area contributed by atoms with E-state index < -0.39 is 0 Å². The zero-order valence-corrected chi connectivity index (χ0v) is 16.8. The summed E-state index contributed by atoms with van der Waals surface area (Å²) in [5.41, 5.74) is 1.06. The molecule has 1 rings (SSSR count). The lowest BCUT2D eigenvalue weighted by Gasteiger charge is -2.43. The van der Waals surface area contributed by atoms with Crippen molar-refractivity contribution in [2.24, 2.45) is 16.2 Å². The lowest BCUT2D eigenvalue weighted by atomic mass is 9.63. The molecule has 1 aliphatic carbocycles. The minimum absolute atomic E-state index is 0.00494. The number of allylic oxidation sites excluding steroid dienone is 2. The van der Waals surface area contributed by atoms with Crippen LogP contribution in [0.2, 0.25) is 0 Å². The quantitative estimate of drug-likeness (QED) is 0.406. The topological polar surface area (TPSA) is 26.3 Å². The Labute approximate surface area is 144 Å². The predicted octanol–water partition coefficient (Wildman–Crippen LogP) is 6.30. The Hall–Kier alpha value is -0.790. The second-order valence-electron chi connectivity index (χ2n) is 8.55. The standard InChI is InChI=1S/C21H38O2/c1-9-21(10-2,11-3)17(22)16(4)18(23-8)20(7)14-12-19(5,6)13-15-20/h9-15H2,1-8H3/b18-16-. The van der Waals surface area contributed by atoms with Crippen molar-refractivity contribution < 1.29 is 9.53 Å². The normalized spacial score (nSPS) is 21.6. The van der Waals surface area contributed by atoms with E-state index in [0.29, 0.717) is 11.2 Å². The number of rotatable bonds is 7. The van der Waals surface area contributed by atoms with Gasteiger partial charge in [-0.1, -0.05) is 41.5 Å². The molecule has 0 aromatic heterocycles. The first-order chi connectivity index (χ1) is 10.6. The first-order valence-corrected chi connectivity index (χ1v) is 9.41. The molecule has 0 unspecified atom stereocenters. The Morgan fingerprint density at radius 1 is 0.957 bits per heavy atom. The maximum atomic E-state index is 13.2. The van der Waals surface area contributed by atoms with Crippen LogP contribution in [0.1, 0.15) is 93.4 Å². The van der Waals surface area contributed by atoms with Gasteiger partial charge in [-0.05, 0) is 57.3 Å². The molecular formula is C21H38O2. The molecule has 2 heteroatoms. The summed E-state index contributed by atoms with van der Waals surface area (Å²) in [4.78, 5) is 13.2. The van der Waals surface area contributed by atoms with Gasteiger partial charge in [-0.2, -0.15) is 0 Å². The maximum absolute atomic E-state index is 13.2. The Balaban J connectivity index is 3.20. The molecule has 0 N–H and O–H groups in total. The fourth-order valence-electron chi connectivity index (χ4n) is 4.29. The second-order valence-corrected chi connectivity index (χ2v) is 8.55. The molecular weight excluding hydrogens is 284 g/mol. The first-order valence-electron chi connectivity index (χ1n) is 9.41. The molecule has 0 aliphatic heterocycles. The van der Waals surface area contributed by atoms with Gasteiger partial charge in [-0.25, -0.2) is 0 Å². The van der Waals surface area contributed by atoms with Crippen LogP contribution < -0.4 is 0 Å². The molecule has 0 spiro atoms. The van der Waals surface area contributed by atoms with Crippen molar-refractivity contribution >= 4 is 5.78 Å². The van der Waals surface area contributed by atoms with Crippen LogP contribution in [0.5, 0.6) is 0 Å². The lowest BCUT2D eigenvalue weighted by molar-refractivity contribution is -0.126.